The van der Waals surface area contributed by atoms with Crippen LogP contribution < -0.4 is 9.46 Å². The van der Waals surface area contributed by atoms with E-state index >= 15 is 0 Å². The molecule has 92 valence electrons. The molecular formula is C10H12ClN3O2S. The van der Waals surface area contributed by atoms with Gasteiger partial charge in [0.2, 0.25) is 0 Å². The van der Waals surface area contributed by atoms with Crippen molar-refractivity contribution in [3.63, 3.8) is 0 Å². The summed E-state index contributed by atoms with van der Waals surface area (Å²) in [6.07, 6.45) is 4.61. The first kappa shape index (κ1) is 13.6. The Morgan fingerprint density at radius 3 is 2.88 bits per heavy atom. The molecule has 1 N–H and O–H groups in total. The highest BCUT2D eigenvalue weighted by molar-refractivity contribution is 8.00. The standard InChI is InChI=1S/C10H12ClN3O2S/c1-7(17(3,15)14-6-12)8-4-9(16-2)10(11)13-5-8/h4-5H,1-3H3,(H,14,15). The summed E-state index contributed by atoms with van der Waals surface area (Å²) in [7, 11) is -1.11. The van der Waals surface area contributed by atoms with Crippen molar-refractivity contribution in [1.82, 2.24) is 9.71 Å². The van der Waals surface area contributed by atoms with Crippen molar-refractivity contribution in [3.05, 3.63) is 23.0 Å². The third-order valence-electron chi connectivity index (χ3n) is 2.26. The molecule has 5 nitrogen and oxygen atoms in total. The lowest BCUT2D eigenvalue weighted by atomic mass is 10.2. The predicted octanol–water partition coefficient (Wildman–Crippen LogP) is 1.18. The minimum atomic E-state index is -2.58. The Balaban J connectivity index is 3.37. The minimum absolute atomic E-state index is 0.236. The van der Waals surface area contributed by atoms with Crippen LogP contribution in [-0.4, -0.2) is 27.4 Å². The molecule has 0 spiro atoms. The number of methoxy groups -OCH3 is 1. The number of hydrogen-bond acceptors (Lipinski definition) is 4. The number of pyridine rings is 1. The molecule has 0 bridgehead atoms. The van der Waals surface area contributed by atoms with Crippen LogP contribution in [0.25, 0.3) is 0 Å². The molecule has 0 aliphatic heterocycles. The van der Waals surface area contributed by atoms with Gasteiger partial charge in [0.25, 0.3) is 0 Å². The van der Waals surface area contributed by atoms with Crippen molar-refractivity contribution in [3.8, 4) is 11.9 Å². The normalized spacial score (nSPS) is 13.4. The Kier molecular flexibility index (Phi) is 4.21. The first-order valence-corrected chi connectivity index (χ1v) is 6.95. The first-order valence-electron chi connectivity index (χ1n) is 4.61. The molecule has 17 heavy (non-hydrogen) atoms. The minimum Gasteiger partial charge on any atom is -0.494 e. The lowest BCUT2D eigenvalue weighted by Crippen LogP contribution is -2.24. The second-order valence-electron chi connectivity index (χ2n) is 3.33. The second kappa shape index (κ2) is 5.25. The Bertz CT molecular complexity index is 586. The quantitative estimate of drug-likeness (QED) is 0.295. The van der Waals surface area contributed by atoms with E-state index in [1.165, 1.54) is 19.6 Å². The smallest absolute Gasteiger partial charge is 0.188 e. The Hall–Kier alpha value is -1.45. The van der Waals surface area contributed by atoms with Crippen LogP contribution in [0, 0.1) is 11.5 Å². The summed E-state index contributed by atoms with van der Waals surface area (Å²) >= 11 is 5.79. The van der Waals surface area contributed by atoms with Gasteiger partial charge in [-0.15, -0.1) is 0 Å². The zero-order chi connectivity index (χ0) is 13.1. The van der Waals surface area contributed by atoms with E-state index in [2.05, 4.69) is 9.71 Å². The fourth-order valence-corrected chi connectivity index (χ4v) is 2.22. The number of aromatic nitrogens is 1. The highest BCUT2D eigenvalue weighted by atomic mass is 35.5. The summed E-state index contributed by atoms with van der Waals surface area (Å²) in [5, 5.41) is 8.76. The van der Waals surface area contributed by atoms with Gasteiger partial charge in [0.1, 0.15) is 0 Å². The average Bonchev–Trinajstić information content (AvgIpc) is 2.28. The van der Waals surface area contributed by atoms with E-state index in [0.29, 0.717) is 16.2 Å². The molecule has 1 unspecified atom stereocenters. The summed E-state index contributed by atoms with van der Waals surface area (Å²) in [6.45, 7) is 1.66. The van der Waals surface area contributed by atoms with Gasteiger partial charge in [0, 0.05) is 22.9 Å². The molecule has 1 atom stereocenters. The molecule has 7 heteroatoms. The number of rotatable bonds is 3. The van der Waals surface area contributed by atoms with Gasteiger partial charge in [-0.3, -0.25) is 0 Å². The van der Waals surface area contributed by atoms with Crippen LogP contribution in [0.3, 0.4) is 0 Å². The molecule has 1 rings (SSSR count). The van der Waals surface area contributed by atoms with Crippen molar-refractivity contribution >= 4 is 26.2 Å². The molecule has 0 aromatic carbocycles. The maximum atomic E-state index is 12.1. The largest absolute Gasteiger partial charge is 0.494 e. The molecule has 0 saturated carbocycles. The molecule has 1 aromatic heterocycles. The van der Waals surface area contributed by atoms with Crippen LogP contribution in [0.4, 0.5) is 0 Å². The van der Waals surface area contributed by atoms with Crippen LogP contribution in [-0.2, 0) is 9.71 Å². The third kappa shape index (κ3) is 3.02. The average molecular weight is 274 g/mol. The van der Waals surface area contributed by atoms with Crippen molar-refractivity contribution in [2.45, 2.75) is 6.92 Å². The SMILES string of the molecule is COc1cc(C(C)=S(C)(=O)NC#N)cnc1Cl. The summed E-state index contributed by atoms with van der Waals surface area (Å²) in [4.78, 5) is 4.44. The molecule has 0 amide bonds. The van der Waals surface area contributed by atoms with E-state index in [-0.39, 0.29) is 5.15 Å². The molecule has 0 aliphatic carbocycles. The molecule has 0 fully saturated rings. The monoisotopic (exact) mass is 273 g/mol. The van der Waals surface area contributed by atoms with Crippen LogP contribution in [0.1, 0.15) is 12.5 Å². The number of hydrogen-bond donors (Lipinski definition) is 1. The maximum Gasteiger partial charge on any atom is 0.188 e. The van der Waals surface area contributed by atoms with Gasteiger partial charge in [-0.25, -0.2) is 13.9 Å². The van der Waals surface area contributed by atoms with Gasteiger partial charge in [-0.05, 0) is 13.0 Å². The van der Waals surface area contributed by atoms with Crippen LogP contribution in [0.15, 0.2) is 12.3 Å². The van der Waals surface area contributed by atoms with Crippen molar-refractivity contribution in [2.24, 2.45) is 0 Å². The summed E-state index contributed by atoms with van der Waals surface area (Å²) in [5.41, 5.74) is 0.613. The number of nitriles is 1. The first-order chi connectivity index (χ1) is 7.92. The molecule has 1 heterocycles. The summed E-state index contributed by atoms with van der Waals surface area (Å²) in [6, 6.07) is 1.63. The predicted molar refractivity (Wildman–Crippen MR) is 68.4 cm³/mol. The Morgan fingerprint density at radius 1 is 1.71 bits per heavy atom. The highest BCUT2D eigenvalue weighted by Crippen LogP contribution is 2.22. The zero-order valence-corrected chi connectivity index (χ0v) is 11.2. The number of halogens is 1. The fraction of sp³-hybridized carbons (Fsp3) is 0.300. The van der Waals surface area contributed by atoms with Crippen LogP contribution >= 0.6 is 11.6 Å². The fourth-order valence-electron chi connectivity index (χ4n) is 1.15. The van der Waals surface area contributed by atoms with E-state index in [1.807, 2.05) is 0 Å². The van der Waals surface area contributed by atoms with Crippen LogP contribution in [0.2, 0.25) is 5.15 Å². The zero-order valence-electron chi connectivity index (χ0n) is 9.65. The molecule has 0 aliphatic rings. The van der Waals surface area contributed by atoms with E-state index in [1.54, 1.807) is 19.2 Å². The number of nitrogens with zero attached hydrogens (tertiary/aromatic N) is 2. The lowest BCUT2D eigenvalue weighted by Gasteiger charge is -2.10. The van der Waals surface area contributed by atoms with Gasteiger partial charge in [0.05, 0.1) is 16.8 Å². The van der Waals surface area contributed by atoms with Gasteiger partial charge < -0.3 is 4.74 Å². The Labute approximate surface area is 106 Å². The van der Waals surface area contributed by atoms with Gasteiger partial charge in [-0.2, -0.15) is 5.26 Å². The third-order valence-corrected chi connectivity index (χ3v) is 4.43. The van der Waals surface area contributed by atoms with Gasteiger partial charge >= 0.3 is 0 Å². The summed E-state index contributed by atoms with van der Waals surface area (Å²) < 4.78 is 19.4. The highest BCUT2D eigenvalue weighted by Gasteiger charge is 2.10. The topological polar surface area (TPSA) is 75.0 Å². The second-order valence-corrected chi connectivity index (χ2v) is 6.19. The lowest BCUT2D eigenvalue weighted by molar-refractivity contribution is 0.413. The van der Waals surface area contributed by atoms with E-state index in [9.17, 15) is 4.21 Å². The van der Waals surface area contributed by atoms with Crippen molar-refractivity contribution < 1.29 is 8.95 Å². The van der Waals surface area contributed by atoms with Gasteiger partial charge in [0.15, 0.2) is 17.1 Å². The van der Waals surface area contributed by atoms with Crippen molar-refractivity contribution in [1.29, 1.82) is 5.26 Å². The molecular weight excluding hydrogens is 262 g/mol. The Morgan fingerprint density at radius 2 is 2.35 bits per heavy atom. The molecule has 1 aromatic rings. The van der Waals surface area contributed by atoms with Crippen molar-refractivity contribution in [2.75, 3.05) is 13.4 Å². The molecule has 0 radical (unpaired) electrons. The van der Waals surface area contributed by atoms with Crippen LogP contribution in [0.5, 0.6) is 5.75 Å². The number of ether oxygens (including phenoxy) is 1. The van der Waals surface area contributed by atoms with Gasteiger partial charge in [-0.1, -0.05) is 11.6 Å². The number of nitrogens with one attached hydrogen (secondary N) is 1. The molecule has 0 saturated heterocycles. The van der Waals surface area contributed by atoms with E-state index in [4.69, 9.17) is 21.6 Å². The maximum absolute atomic E-state index is 12.1. The van der Waals surface area contributed by atoms with E-state index < -0.39 is 9.71 Å². The summed E-state index contributed by atoms with van der Waals surface area (Å²) in [5.74, 6) is 0.399. The van der Waals surface area contributed by atoms with E-state index in [0.717, 1.165) is 0 Å².